The summed E-state index contributed by atoms with van der Waals surface area (Å²) >= 11 is 0. The van der Waals surface area contributed by atoms with Gasteiger partial charge in [0.05, 0.1) is 0 Å². The van der Waals surface area contributed by atoms with Crippen LogP contribution in [0.1, 0.15) is 90.4 Å². The summed E-state index contributed by atoms with van der Waals surface area (Å²) in [6.45, 7) is 2.14. The standard InChI is InChI=1S/C22H36O6/c1-2-3-4-11-14-19(28-22(27)18-17-21(25)26)15-12-9-7-5-6-8-10-13-16-20(23)24/h9,12,17-19H,2-8,10-11,13-16H2,1H3,(H,23,24)(H,25,26)/b12-9-,18-17-/t19-/m1/s1. The number of aliphatic carboxylic acids is 2. The molecule has 160 valence electrons. The van der Waals surface area contributed by atoms with Gasteiger partial charge >= 0.3 is 17.9 Å². The largest absolute Gasteiger partial charge is 0.481 e. The molecule has 0 aliphatic heterocycles. The highest BCUT2D eigenvalue weighted by molar-refractivity contribution is 5.90. The molecule has 0 unspecified atom stereocenters. The Bertz CT molecular complexity index is 495. The van der Waals surface area contributed by atoms with Gasteiger partial charge in [0.15, 0.2) is 0 Å². The van der Waals surface area contributed by atoms with E-state index in [0.717, 1.165) is 82.8 Å². The zero-order chi connectivity index (χ0) is 21.0. The van der Waals surface area contributed by atoms with Gasteiger partial charge in [-0.25, -0.2) is 9.59 Å². The molecule has 2 N–H and O–H groups in total. The topological polar surface area (TPSA) is 101 Å². The van der Waals surface area contributed by atoms with Gasteiger partial charge in [-0.2, -0.15) is 0 Å². The van der Waals surface area contributed by atoms with Crippen LogP contribution < -0.4 is 0 Å². The average molecular weight is 397 g/mol. The minimum Gasteiger partial charge on any atom is -0.481 e. The molecule has 0 aromatic rings. The van der Waals surface area contributed by atoms with Crippen LogP contribution in [0.4, 0.5) is 0 Å². The highest BCUT2D eigenvalue weighted by Gasteiger charge is 2.11. The van der Waals surface area contributed by atoms with Crippen molar-refractivity contribution in [2.75, 3.05) is 0 Å². The molecule has 0 saturated heterocycles. The first-order valence-electron chi connectivity index (χ1n) is 10.4. The Hall–Kier alpha value is -2.11. The van der Waals surface area contributed by atoms with Gasteiger partial charge in [-0.15, -0.1) is 0 Å². The molecule has 0 spiro atoms. The summed E-state index contributed by atoms with van der Waals surface area (Å²) in [5, 5.41) is 17.2. The first-order chi connectivity index (χ1) is 13.5. The number of allylic oxidation sites excluding steroid dienone is 1. The van der Waals surface area contributed by atoms with Gasteiger partial charge in [0.1, 0.15) is 6.10 Å². The van der Waals surface area contributed by atoms with Crippen LogP contribution in [-0.4, -0.2) is 34.2 Å². The molecule has 0 heterocycles. The number of rotatable bonds is 18. The van der Waals surface area contributed by atoms with Gasteiger partial charge < -0.3 is 14.9 Å². The summed E-state index contributed by atoms with van der Waals surface area (Å²) < 4.78 is 5.38. The molecule has 0 amide bonds. The molecule has 6 heteroatoms. The lowest BCUT2D eigenvalue weighted by Crippen LogP contribution is -2.16. The molecule has 0 rings (SSSR count). The fourth-order valence-corrected chi connectivity index (χ4v) is 2.80. The molecule has 1 atom stereocenters. The molecule has 6 nitrogen and oxygen atoms in total. The van der Waals surface area contributed by atoms with Crippen molar-refractivity contribution in [1.82, 2.24) is 0 Å². The van der Waals surface area contributed by atoms with Crippen LogP contribution in [0.5, 0.6) is 0 Å². The minimum absolute atomic E-state index is 0.227. The molecule has 0 aromatic heterocycles. The highest BCUT2D eigenvalue weighted by atomic mass is 16.5. The minimum atomic E-state index is -1.17. The molecule has 0 aliphatic rings. The van der Waals surface area contributed by atoms with Crippen molar-refractivity contribution >= 4 is 17.9 Å². The van der Waals surface area contributed by atoms with Crippen molar-refractivity contribution in [3.8, 4) is 0 Å². The summed E-state index contributed by atoms with van der Waals surface area (Å²) in [6.07, 6.45) is 17.5. The number of ether oxygens (including phenoxy) is 1. The number of carboxylic acid groups (broad SMARTS) is 2. The lowest BCUT2D eigenvalue weighted by atomic mass is 10.1. The second-order valence-electron chi connectivity index (χ2n) is 6.99. The predicted octanol–water partition coefficient (Wildman–Crippen LogP) is 5.27. The molecular weight excluding hydrogens is 360 g/mol. The molecule has 0 aliphatic carbocycles. The van der Waals surface area contributed by atoms with Crippen molar-refractivity contribution in [3.05, 3.63) is 24.3 Å². The van der Waals surface area contributed by atoms with E-state index in [4.69, 9.17) is 14.9 Å². The van der Waals surface area contributed by atoms with E-state index in [1.54, 1.807) is 0 Å². The van der Waals surface area contributed by atoms with Crippen molar-refractivity contribution < 1.29 is 29.3 Å². The Kier molecular flexibility index (Phi) is 16.9. The van der Waals surface area contributed by atoms with E-state index >= 15 is 0 Å². The normalized spacial score (nSPS) is 12.5. The zero-order valence-electron chi connectivity index (χ0n) is 17.1. The second kappa shape index (κ2) is 18.3. The van der Waals surface area contributed by atoms with E-state index in [1.807, 2.05) is 6.08 Å². The van der Waals surface area contributed by atoms with E-state index < -0.39 is 17.9 Å². The Morgan fingerprint density at radius 1 is 0.857 bits per heavy atom. The maximum absolute atomic E-state index is 11.7. The fourth-order valence-electron chi connectivity index (χ4n) is 2.80. The van der Waals surface area contributed by atoms with Crippen LogP contribution in [0.3, 0.4) is 0 Å². The van der Waals surface area contributed by atoms with E-state index in [2.05, 4.69) is 13.0 Å². The summed E-state index contributed by atoms with van der Waals surface area (Å²) in [5.41, 5.74) is 0. The molecule has 0 bridgehead atoms. The zero-order valence-corrected chi connectivity index (χ0v) is 17.1. The first kappa shape index (κ1) is 25.9. The van der Waals surface area contributed by atoms with Crippen LogP contribution in [0.2, 0.25) is 0 Å². The summed E-state index contributed by atoms with van der Waals surface area (Å²) in [5.74, 6) is -2.51. The van der Waals surface area contributed by atoms with Gasteiger partial charge in [0, 0.05) is 25.0 Å². The van der Waals surface area contributed by atoms with Crippen molar-refractivity contribution in [2.45, 2.75) is 96.5 Å². The SMILES string of the molecule is CCCCCC[C@H](C/C=C\CCCCCCCC(=O)O)OC(=O)/C=C\C(=O)O. The lowest BCUT2D eigenvalue weighted by Gasteiger charge is -2.15. The molecule has 28 heavy (non-hydrogen) atoms. The average Bonchev–Trinajstić information content (AvgIpc) is 2.64. The molecule has 0 saturated carbocycles. The summed E-state index contributed by atoms with van der Waals surface area (Å²) in [7, 11) is 0. The number of hydrogen-bond donors (Lipinski definition) is 2. The fraction of sp³-hybridized carbons (Fsp3) is 0.682. The quantitative estimate of drug-likeness (QED) is 0.142. The number of carbonyl (C=O) groups excluding carboxylic acids is 1. The summed E-state index contributed by atoms with van der Waals surface area (Å²) in [4.78, 5) is 32.6. The third kappa shape index (κ3) is 18.7. The maximum Gasteiger partial charge on any atom is 0.331 e. The van der Waals surface area contributed by atoms with Crippen LogP contribution in [-0.2, 0) is 19.1 Å². The maximum atomic E-state index is 11.7. The van der Waals surface area contributed by atoms with Crippen LogP contribution in [0, 0.1) is 0 Å². The van der Waals surface area contributed by atoms with Crippen LogP contribution in [0.25, 0.3) is 0 Å². The third-order valence-electron chi connectivity index (χ3n) is 4.35. The Morgan fingerprint density at radius 3 is 2.21 bits per heavy atom. The van der Waals surface area contributed by atoms with Gasteiger partial charge in [0.25, 0.3) is 0 Å². The van der Waals surface area contributed by atoms with Crippen molar-refractivity contribution in [1.29, 1.82) is 0 Å². The molecule has 0 fully saturated rings. The Morgan fingerprint density at radius 2 is 1.54 bits per heavy atom. The third-order valence-corrected chi connectivity index (χ3v) is 4.35. The van der Waals surface area contributed by atoms with Crippen LogP contribution >= 0.6 is 0 Å². The molecular formula is C22H36O6. The number of carboxylic acids is 2. The molecule has 0 radical (unpaired) electrons. The Balaban J connectivity index is 4.09. The highest BCUT2D eigenvalue weighted by Crippen LogP contribution is 2.14. The molecule has 0 aromatic carbocycles. The van der Waals surface area contributed by atoms with Gasteiger partial charge in [0.2, 0.25) is 0 Å². The Labute approximate surface area is 168 Å². The first-order valence-corrected chi connectivity index (χ1v) is 10.4. The lowest BCUT2D eigenvalue weighted by molar-refractivity contribution is -0.143. The van der Waals surface area contributed by atoms with Gasteiger partial charge in [-0.1, -0.05) is 57.6 Å². The monoisotopic (exact) mass is 396 g/mol. The number of esters is 1. The van der Waals surface area contributed by atoms with Gasteiger partial charge in [-0.05, 0) is 32.1 Å². The predicted molar refractivity (Wildman–Crippen MR) is 109 cm³/mol. The van der Waals surface area contributed by atoms with Gasteiger partial charge in [-0.3, -0.25) is 4.79 Å². The van der Waals surface area contributed by atoms with E-state index in [-0.39, 0.29) is 12.5 Å². The number of hydrogen-bond acceptors (Lipinski definition) is 4. The summed E-state index contributed by atoms with van der Waals surface area (Å²) in [6, 6.07) is 0. The van der Waals surface area contributed by atoms with Crippen molar-refractivity contribution in [2.24, 2.45) is 0 Å². The van der Waals surface area contributed by atoms with E-state index in [0.29, 0.717) is 6.42 Å². The van der Waals surface area contributed by atoms with E-state index in [9.17, 15) is 14.4 Å². The number of carbonyl (C=O) groups is 3. The van der Waals surface area contributed by atoms with E-state index in [1.165, 1.54) is 0 Å². The second-order valence-corrected chi connectivity index (χ2v) is 6.99. The van der Waals surface area contributed by atoms with Crippen molar-refractivity contribution in [3.63, 3.8) is 0 Å². The number of unbranched alkanes of at least 4 members (excludes halogenated alkanes) is 8. The smallest absolute Gasteiger partial charge is 0.331 e. The van der Waals surface area contributed by atoms with Crippen LogP contribution in [0.15, 0.2) is 24.3 Å².